The third-order valence-electron chi connectivity index (χ3n) is 2.52. The van der Waals surface area contributed by atoms with Gasteiger partial charge in [-0.1, -0.05) is 0 Å². The highest BCUT2D eigenvalue weighted by Gasteiger charge is 2.13. The van der Waals surface area contributed by atoms with E-state index in [9.17, 15) is 24.1 Å². The van der Waals surface area contributed by atoms with Gasteiger partial charge in [-0.15, -0.1) is 0 Å². The van der Waals surface area contributed by atoms with E-state index in [1.54, 1.807) is 6.92 Å². The predicted molar refractivity (Wildman–Crippen MR) is 71.5 cm³/mol. The molecule has 1 atom stereocenters. The highest BCUT2D eigenvalue weighted by molar-refractivity contribution is 5.89. The monoisotopic (exact) mass is 299 g/mol. The van der Waals surface area contributed by atoms with Crippen LogP contribution in [0.4, 0.5) is 20.6 Å². The zero-order valence-electron chi connectivity index (χ0n) is 11.1. The molecule has 21 heavy (non-hydrogen) atoms. The van der Waals surface area contributed by atoms with Gasteiger partial charge in [0.25, 0.3) is 5.69 Å². The third kappa shape index (κ3) is 5.85. The van der Waals surface area contributed by atoms with Crippen LogP contribution in [-0.2, 0) is 4.79 Å². The molecule has 2 amide bonds. The van der Waals surface area contributed by atoms with Gasteiger partial charge in [-0.2, -0.15) is 0 Å². The van der Waals surface area contributed by atoms with Crippen molar-refractivity contribution in [2.45, 2.75) is 25.8 Å². The van der Waals surface area contributed by atoms with Gasteiger partial charge < -0.3 is 15.7 Å². The van der Waals surface area contributed by atoms with Crippen molar-refractivity contribution in [3.05, 3.63) is 34.1 Å². The summed E-state index contributed by atoms with van der Waals surface area (Å²) < 4.78 is 13.2. The van der Waals surface area contributed by atoms with Crippen molar-refractivity contribution in [3.8, 4) is 0 Å². The van der Waals surface area contributed by atoms with Crippen LogP contribution in [0.3, 0.4) is 0 Å². The van der Waals surface area contributed by atoms with Crippen molar-refractivity contribution in [2.24, 2.45) is 0 Å². The average molecular weight is 299 g/mol. The molecule has 0 spiro atoms. The summed E-state index contributed by atoms with van der Waals surface area (Å²) in [7, 11) is 0. The first kappa shape index (κ1) is 16.3. The van der Waals surface area contributed by atoms with Gasteiger partial charge in [0.1, 0.15) is 5.82 Å². The van der Waals surface area contributed by atoms with Crippen molar-refractivity contribution in [3.63, 3.8) is 0 Å². The van der Waals surface area contributed by atoms with Crippen LogP contribution in [0.2, 0.25) is 0 Å². The number of hydrogen-bond donors (Lipinski definition) is 3. The first-order valence-electron chi connectivity index (χ1n) is 6.02. The number of halogens is 1. The van der Waals surface area contributed by atoms with Crippen LogP contribution in [0, 0.1) is 15.9 Å². The number of hydrogen-bond acceptors (Lipinski definition) is 4. The van der Waals surface area contributed by atoms with Gasteiger partial charge in [0.05, 0.1) is 16.7 Å². The Labute approximate surface area is 119 Å². The summed E-state index contributed by atoms with van der Waals surface area (Å²) in [5.41, 5.74) is -0.547. The van der Waals surface area contributed by atoms with Gasteiger partial charge in [-0.05, 0) is 19.4 Å². The molecule has 0 saturated carbocycles. The molecular formula is C12H14FN3O5. The fraction of sp³-hybridized carbons (Fsp3) is 0.333. The number of benzene rings is 1. The number of carboxylic acids is 1. The molecule has 0 fully saturated rings. The van der Waals surface area contributed by atoms with E-state index in [2.05, 4.69) is 10.6 Å². The average Bonchev–Trinajstić information content (AvgIpc) is 2.35. The second-order valence-electron chi connectivity index (χ2n) is 4.39. The first-order valence-corrected chi connectivity index (χ1v) is 6.02. The van der Waals surface area contributed by atoms with Gasteiger partial charge in [0.2, 0.25) is 0 Å². The number of nitro benzene ring substituents is 1. The van der Waals surface area contributed by atoms with Crippen molar-refractivity contribution >= 4 is 23.4 Å². The minimum absolute atomic E-state index is 0.0652. The number of nitro groups is 1. The maximum absolute atomic E-state index is 13.2. The van der Waals surface area contributed by atoms with E-state index < -0.39 is 34.5 Å². The summed E-state index contributed by atoms with van der Waals surface area (Å²) in [6.07, 6.45) is 0.124. The second-order valence-corrected chi connectivity index (χ2v) is 4.39. The molecule has 3 N–H and O–H groups in total. The number of carboxylic acid groups (broad SMARTS) is 1. The standard InChI is InChI=1S/C12H14FN3O5/c1-7(2-3-11(17)18)14-12(19)15-9-4-8(13)5-10(6-9)16(20)21/h4-7H,2-3H2,1H3,(H,17,18)(H2,14,15,19). The summed E-state index contributed by atoms with van der Waals surface area (Å²) in [5.74, 6) is -1.83. The number of non-ortho nitro benzene ring substituents is 1. The zero-order chi connectivity index (χ0) is 16.0. The van der Waals surface area contributed by atoms with E-state index in [1.807, 2.05) is 0 Å². The molecule has 1 aromatic carbocycles. The van der Waals surface area contributed by atoms with Gasteiger partial charge in [-0.3, -0.25) is 14.9 Å². The summed E-state index contributed by atoms with van der Waals surface area (Å²) in [5, 5.41) is 23.8. The summed E-state index contributed by atoms with van der Waals surface area (Å²) >= 11 is 0. The summed E-state index contributed by atoms with van der Waals surface area (Å²) in [4.78, 5) is 31.8. The van der Waals surface area contributed by atoms with Crippen LogP contribution in [0.5, 0.6) is 0 Å². The van der Waals surface area contributed by atoms with E-state index in [0.29, 0.717) is 0 Å². The quantitative estimate of drug-likeness (QED) is 0.548. The molecule has 9 heteroatoms. The Morgan fingerprint density at radius 2 is 2.10 bits per heavy atom. The number of carbonyl (C=O) groups is 2. The molecule has 0 saturated heterocycles. The molecule has 0 aromatic heterocycles. The van der Waals surface area contributed by atoms with Crippen LogP contribution in [0.15, 0.2) is 18.2 Å². The van der Waals surface area contributed by atoms with Crippen LogP contribution in [0.25, 0.3) is 0 Å². The van der Waals surface area contributed by atoms with Gasteiger partial charge >= 0.3 is 12.0 Å². The molecule has 0 aliphatic rings. The van der Waals surface area contributed by atoms with Gasteiger partial charge in [0.15, 0.2) is 0 Å². The molecule has 0 heterocycles. The maximum Gasteiger partial charge on any atom is 0.319 e. The second kappa shape index (κ2) is 7.17. The number of rotatable bonds is 6. The molecule has 114 valence electrons. The van der Waals surface area contributed by atoms with Gasteiger partial charge in [-0.25, -0.2) is 9.18 Å². The fourth-order valence-electron chi connectivity index (χ4n) is 1.55. The normalized spacial score (nSPS) is 11.5. The Balaban J connectivity index is 2.62. The smallest absolute Gasteiger partial charge is 0.319 e. The molecule has 0 aliphatic carbocycles. The fourth-order valence-corrected chi connectivity index (χ4v) is 1.55. The number of amides is 2. The number of nitrogens with one attached hydrogen (secondary N) is 2. The molecule has 0 bridgehead atoms. The third-order valence-corrected chi connectivity index (χ3v) is 2.52. The van der Waals surface area contributed by atoms with Crippen molar-refractivity contribution in [1.82, 2.24) is 5.32 Å². The van der Waals surface area contributed by atoms with Gasteiger partial charge in [0, 0.05) is 18.5 Å². The molecule has 1 unspecified atom stereocenters. The molecule has 0 radical (unpaired) electrons. The zero-order valence-corrected chi connectivity index (χ0v) is 11.1. The molecule has 0 aliphatic heterocycles. The number of nitrogens with zero attached hydrogens (tertiary/aromatic N) is 1. The number of aliphatic carboxylic acids is 1. The lowest BCUT2D eigenvalue weighted by Gasteiger charge is -2.13. The molecule has 1 rings (SSSR count). The minimum atomic E-state index is -0.982. The van der Waals surface area contributed by atoms with Crippen molar-refractivity contribution in [1.29, 1.82) is 0 Å². The Hall–Kier alpha value is -2.71. The van der Waals surface area contributed by atoms with E-state index >= 15 is 0 Å². The Kier molecular flexibility index (Phi) is 5.58. The van der Waals surface area contributed by atoms with Crippen LogP contribution < -0.4 is 10.6 Å². The highest BCUT2D eigenvalue weighted by Crippen LogP contribution is 2.19. The van der Waals surface area contributed by atoms with Crippen LogP contribution >= 0.6 is 0 Å². The summed E-state index contributed by atoms with van der Waals surface area (Å²) in [6.45, 7) is 1.61. The van der Waals surface area contributed by atoms with E-state index in [0.717, 1.165) is 18.2 Å². The van der Waals surface area contributed by atoms with Crippen molar-refractivity contribution < 1.29 is 24.0 Å². The Morgan fingerprint density at radius 3 is 2.67 bits per heavy atom. The lowest BCUT2D eigenvalue weighted by Crippen LogP contribution is -2.36. The largest absolute Gasteiger partial charge is 0.481 e. The lowest BCUT2D eigenvalue weighted by molar-refractivity contribution is -0.385. The Bertz CT molecular complexity index is 564. The Morgan fingerprint density at radius 1 is 1.43 bits per heavy atom. The van der Waals surface area contributed by atoms with Crippen molar-refractivity contribution in [2.75, 3.05) is 5.32 Å². The lowest BCUT2D eigenvalue weighted by atomic mass is 10.2. The van der Waals surface area contributed by atoms with Crippen LogP contribution in [-0.4, -0.2) is 28.1 Å². The number of urea groups is 1. The van der Waals surface area contributed by atoms with E-state index in [1.165, 1.54) is 0 Å². The van der Waals surface area contributed by atoms with E-state index in [4.69, 9.17) is 5.11 Å². The maximum atomic E-state index is 13.2. The minimum Gasteiger partial charge on any atom is -0.481 e. The number of anilines is 1. The molecule has 8 nitrogen and oxygen atoms in total. The topological polar surface area (TPSA) is 122 Å². The SMILES string of the molecule is CC(CCC(=O)O)NC(=O)Nc1cc(F)cc([N+](=O)[O-])c1. The number of carbonyl (C=O) groups excluding carboxylic acids is 1. The summed E-state index contributed by atoms with van der Waals surface area (Å²) in [6, 6.07) is 1.58. The molecule has 1 aromatic rings. The molecular weight excluding hydrogens is 285 g/mol. The highest BCUT2D eigenvalue weighted by atomic mass is 19.1. The van der Waals surface area contributed by atoms with E-state index in [-0.39, 0.29) is 18.5 Å². The van der Waals surface area contributed by atoms with Crippen LogP contribution in [0.1, 0.15) is 19.8 Å². The predicted octanol–water partition coefficient (Wildman–Crippen LogP) is 2.11. The first-order chi connectivity index (χ1) is 9.77.